The summed E-state index contributed by atoms with van der Waals surface area (Å²) in [6.07, 6.45) is 19.5. The van der Waals surface area contributed by atoms with Crippen LogP contribution in [0.4, 0.5) is 0 Å². The van der Waals surface area contributed by atoms with E-state index >= 15 is 0 Å². The summed E-state index contributed by atoms with van der Waals surface area (Å²) < 4.78 is 0. The second-order valence-electron chi connectivity index (χ2n) is 7.91. The Morgan fingerprint density at radius 1 is 0.926 bits per heavy atom. The van der Waals surface area contributed by atoms with E-state index in [2.05, 4.69) is 19.9 Å². The standard InChI is InChI=1S/C23H41NO3/c1-3-5-7-8-9-10-11-12-13-15-17-20(16-14-6-4-2)21-18-22(26)24(19-25)23(21)27/h17,21,25H,3-16,18-19H2,1-2H3. The topological polar surface area (TPSA) is 57.6 Å². The number of aliphatic hydroxyl groups is 1. The second kappa shape index (κ2) is 14.8. The highest BCUT2D eigenvalue weighted by Crippen LogP contribution is 2.30. The van der Waals surface area contributed by atoms with Crippen molar-refractivity contribution in [3.63, 3.8) is 0 Å². The van der Waals surface area contributed by atoms with Crippen molar-refractivity contribution in [3.05, 3.63) is 11.6 Å². The molecule has 0 aliphatic carbocycles. The molecule has 0 spiro atoms. The quantitative estimate of drug-likeness (QED) is 0.211. The molecular weight excluding hydrogens is 338 g/mol. The van der Waals surface area contributed by atoms with Gasteiger partial charge in [0.2, 0.25) is 11.8 Å². The molecule has 1 aliphatic heterocycles. The van der Waals surface area contributed by atoms with Gasteiger partial charge in [0.1, 0.15) is 6.73 Å². The Bertz CT molecular complexity index is 459. The Morgan fingerprint density at radius 3 is 2.04 bits per heavy atom. The van der Waals surface area contributed by atoms with Gasteiger partial charge in [-0.1, -0.05) is 89.7 Å². The maximum Gasteiger partial charge on any atom is 0.238 e. The van der Waals surface area contributed by atoms with Crippen molar-refractivity contribution >= 4 is 11.8 Å². The highest BCUT2D eigenvalue weighted by molar-refractivity contribution is 6.04. The summed E-state index contributed by atoms with van der Waals surface area (Å²) in [4.78, 5) is 25.3. The zero-order valence-electron chi connectivity index (χ0n) is 17.7. The summed E-state index contributed by atoms with van der Waals surface area (Å²) in [5, 5.41) is 9.25. The lowest BCUT2D eigenvalue weighted by Crippen LogP contribution is -2.31. The molecule has 0 radical (unpaired) electrons. The number of amides is 2. The van der Waals surface area contributed by atoms with Crippen LogP contribution in [-0.4, -0.2) is 28.6 Å². The van der Waals surface area contributed by atoms with E-state index < -0.39 is 6.73 Å². The van der Waals surface area contributed by atoms with E-state index in [4.69, 9.17) is 0 Å². The van der Waals surface area contributed by atoms with Crippen LogP contribution in [0.15, 0.2) is 11.6 Å². The number of hydrogen-bond donors (Lipinski definition) is 1. The number of nitrogens with zero attached hydrogens (tertiary/aromatic N) is 1. The van der Waals surface area contributed by atoms with Crippen LogP contribution in [0, 0.1) is 5.92 Å². The molecule has 156 valence electrons. The summed E-state index contributed by atoms with van der Waals surface area (Å²) in [5.74, 6) is -0.783. The zero-order chi connectivity index (χ0) is 19.9. The average Bonchev–Trinajstić information content (AvgIpc) is 2.95. The first-order valence-corrected chi connectivity index (χ1v) is 11.3. The molecule has 27 heavy (non-hydrogen) atoms. The first-order chi connectivity index (χ1) is 13.2. The van der Waals surface area contributed by atoms with Crippen molar-refractivity contribution in [1.82, 2.24) is 4.90 Å². The number of unbranched alkanes of at least 4 members (excludes halogenated alkanes) is 11. The number of aliphatic hydroxyl groups excluding tert-OH is 1. The number of likely N-dealkylation sites (tertiary alicyclic amines) is 1. The largest absolute Gasteiger partial charge is 0.376 e. The van der Waals surface area contributed by atoms with Crippen LogP contribution in [-0.2, 0) is 9.59 Å². The SMILES string of the molecule is CCCCCCCCCCCC=C(CCCCC)C1CC(=O)N(CO)C1=O. The number of allylic oxidation sites excluding steroid dienone is 1. The van der Waals surface area contributed by atoms with Crippen LogP contribution in [0.2, 0.25) is 0 Å². The first-order valence-electron chi connectivity index (χ1n) is 11.3. The molecule has 1 saturated heterocycles. The van der Waals surface area contributed by atoms with Crippen molar-refractivity contribution in [3.8, 4) is 0 Å². The maximum absolute atomic E-state index is 12.4. The maximum atomic E-state index is 12.4. The van der Waals surface area contributed by atoms with Crippen molar-refractivity contribution in [2.75, 3.05) is 6.73 Å². The highest BCUT2D eigenvalue weighted by Gasteiger charge is 2.39. The van der Waals surface area contributed by atoms with Gasteiger partial charge in [-0.3, -0.25) is 14.5 Å². The third kappa shape index (κ3) is 9.05. The molecule has 1 aliphatic rings. The van der Waals surface area contributed by atoms with E-state index in [1.165, 1.54) is 51.4 Å². The molecule has 1 fully saturated rings. The van der Waals surface area contributed by atoms with Crippen LogP contribution >= 0.6 is 0 Å². The average molecular weight is 380 g/mol. The van der Waals surface area contributed by atoms with Gasteiger partial charge < -0.3 is 5.11 Å². The van der Waals surface area contributed by atoms with Gasteiger partial charge in [0.25, 0.3) is 0 Å². The van der Waals surface area contributed by atoms with Gasteiger partial charge in [-0.05, 0) is 25.7 Å². The predicted molar refractivity (Wildman–Crippen MR) is 111 cm³/mol. The molecule has 1 unspecified atom stereocenters. The third-order valence-corrected chi connectivity index (χ3v) is 5.62. The number of hydrogen-bond acceptors (Lipinski definition) is 3. The van der Waals surface area contributed by atoms with Crippen molar-refractivity contribution in [1.29, 1.82) is 0 Å². The number of carbonyl (C=O) groups excluding carboxylic acids is 2. The van der Waals surface area contributed by atoms with E-state index in [1.54, 1.807) is 0 Å². The minimum absolute atomic E-state index is 0.211. The molecule has 0 bridgehead atoms. The molecule has 1 atom stereocenters. The summed E-state index contributed by atoms with van der Waals surface area (Å²) in [6, 6.07) is 0. The molecule has 0 aromatic heterocycles. The van der Waals surface area contributed by atoms with Crippen LogP contribution < -0.4 is 0 Å². The minimum Gasteiger partial charge on any atom is -0.376 e. The fraction of sp³-hybridized carbons (Fsp3) is 0.826. The fourth-order valence-electron chi connectivity index (χ4n) is 3.86. The van der Waals surface area contributed by atoms with Crippen LogP contribution in [0.1, 0.15) is 110 Å². The van der Waals surface area contributed by atoms with E-state index in [0.717, 1.165) is 49.0 Å². The summed E-state index contributed by atoms with van der Waals surface area (Å²) in [5.41, 5.74) is 1.12. The second-order valence-corrected chi connectivity index (χ2v) is 7.91. The van der Waals surface area contributed by atoms with Gasteiger partial charge in [-0.2, -0.15) is 0 Å². The van der Waals surface area contributed by atoms with Gasteiger partial charge in [-0.25, -0.2) is 0 Å². The molecule has 1 N–H and O–H groups in total. The van der Waals surface area contributed by atoms with Gasteiger partial charge in [-0.15, -0.1) is 0 Å². The lowest BCUT2D eigenvalue weighted by Gasteiger charge is -2.15. The normalized spacial score (nSPS) is 18.0. The van der Waals surface area contributed by atoms with Crippen LogP contribution in [0.5, 0.6) is 0 Å². The lowest BCUT2D eigenvalue weighted by atomic mass is 9.91. The molecule has 0 aromatic rings. The molecule has 1 rings (SSSR count). The number of rotatable bonds is 16. The molecular formula is C23H41NO3. The van der Waals surface area contributed by atoms with Crippen molar-refractivity contribution in [2.45, 2.75) is 110 Å². The van der Waals surface area contributed by atoms with Crippen molar-refractivity contribution in [2.24, 2.45) is 5.92 Å². The Balaban J connectivity index is 2.38. The summed E-state index contributed by atoms with van der Waals surface area (Å²) in [7, 11) is 0. The van der Waals surface area contributed by atoms with Crippen molar-refractivity contribution < 1.29 is 14.7 Å². The zero-order valence-corrected chi connectivity index (χ0v) is 17.7. The molecule has 0 saturated carbocycles. The van der Waals surface area contributed by atoms with E-state index in [1.807, 2.05) is 0 Å². The van der Waals surface area contributed by atoms with Crippen LogP contribution in [0.3, 0.4) is 0 Å². The molecule has 2 amide bonds. The van der Waals surface area contributed by atoms with E-state index in [0.29, 0.717) is 0 Å². The predicted octanol–water partition coefficient (Wildman–Crippen LogP) is 5.74. The minimum atomic E-state index is -0.491. The third-order valence-electron chi connectivity index (χ3n) is 5.62. The molecule has 4 nitrogen and oxygen atoms in total. The molecule has 1 heterocycles. The Hall–Kier alpha value is -1.16. The highest BCUT2D eigenvalue weighted by atomic mass is 16.3. The van der Waals surface area contributed by atoms with E-state index in [9.17, 15) is 14.7 Å². The van der Waals surface area contributed by atoms with Gasteiger partial charge in [0, 0.05) is 6.42 Å². The Labute approximate surface area is 166 Å². The Morgan fingerprint density at radius 2 is 1.48 bits per heavy atom. The van der Waals surface area contributed by atoms with Gasteiger partial charge >= 0.3 is 0 Å². The fourth-order valence-corrected chi connectivity index (χ4v) is 3.86. The Kier molecular flexibility index (Phi) is 13.1. The van der Waals surface area contributed by atoms with Crippen LogP contribution in [0.25, 0.3) is 0 Å². The monoisotopic (exact) mass is 379 g/mol. The summed E-state index contributed by atoms with van der Waals surface area (Å²) >= 11 is 0. The molecule has 4 heteroatoms. The summed E-state index contributed by atoms with van der Waals surface area (Å²) in [6.45, 7) is 3.93. The number of imide groups is 1. The smallest absolute Gasteiger partial charge is 0.238 e. The van der Waals surface area contributed by atoms with Gasteiger partial charge in [0.15, 0.2) is 0 Å². The first kappa shape index (κ1) is 23.9. The van der Waals surface area contributed by atoms with E-state index in [-0.39, 0.29) is 24.2 Å². The lowest BCUT2D eigenvalue weighted by molar-refractivity contribution is -0.143. The number of carbonyl (C=O) groups is 2. The van der Waals surface area contributed by atoms with Gasteiger partial charge in [0.05, 0.1) is 5.92 Å². The molecule has 0 aromatic carbocycles.